The van der Waals surface area contributed by atoms with E-state index in [0.29, 0.717) is 10.8 Å². The molecule has 0 saturated carbocycles. The Morgan fingerprint density at radius 1 is 0.800 bits per heavy atom. The van der Waals surface area contributed by atoms with Gasteiger partial charge in [-0.25, -0.2) is 8.78 Å². The highest BCUT2D eigenvalue weighted by Crippen LogP contribution is 2.27. The fourth-order valence-electron chi connectivity index (χ4n) is 2.84. The Bertz CT molecular complexity index is 1190. The first kappa shape index (κ1) is 20.2. The largest absolute Gasteiger partial charge is 0.464 e. The van der Waals surface area contributed by atoms with Crippen LogP contribution in [-0.2, 0) is 13.6 Å². The van der Waals surface area contributed by atoms with Crippen LogP contribution in [0, 0.1) is 11.6 Å². The van der Waals surface area contributed by atoms with Crippen molar-refractivity contribution in [2.24, 2.45) is 0 Å². The molecule has 2 aromatic carbocycles. The second-order valence-corrected chi connectivity index (χ2v) is 7.33. The van der Waals surface area contributed by atoms with Gasteiger partial charge in [-0.15, -0.1) is 0 Å². The minimum absolute atomic E-state index is 0.259. The normalized spacial score (nSPS) is 11.6. The van der Waals surface area contributed by atoms with E-state index in [-0.39, 0.29) is 22.3 Å². The molecule has 4 aromatic rings. The van der Waals surface area contributed by atoms with Crippen molar-refractivity contribution < 1.29 is 40.8 Å². The first-order chi connectivity index (χ1) is 14.4. The van der Waals surface area contributed by atoms with E-state index in [1.165, 1.54) is 24.7 Å². The molecule has 0 aliphatic carbocycles. The van der Waals surface area contributed by atoms with Crippen molar-refractivity contribution in [2.75, 3.05) is 13.2 Å². The Morgan fingerprint density at radius 3 is 1.67 bits per heavy atom. The van der Waals surface area contributed by atoms with Crippen LogP contribution in [0.1, 0.15) is 20.7 Å². The molecule has 10 heteroatoms. The van der Waals surface area contributed by atoms with E-state index >= 15 is 0 Å². The molecule has 2 aromatic heterocycles. The fraction of sp³-hybridized carbons (Fsp3) is 0.100. The van der Waals surface area contributed by atoms with Crippen molar-refractivity contribution in [3.8, 4) is 0 Å². The molecule has 0 aliphatic rings. The summed E-state index contributed by atoms with van der Waals surface area (Å²) in [6.07, 6.45) is 2.71. The number of carbonyl (C=O) groups is 2. The number of furan rings is 2. The first-order valence-electron chi connectivity index (χ1n) is 8.62. The maximum atomic E-state index is 14.0. The summed E-state index contributed by atoms with van der Waals surface area (Å²) >= 11 is 0. The number of halogens is 2. The second kappa shape index (κ2) is 8.31. The predicted molar refractivity (Wildman–Crippen MR) is 102 cm³/mol. The van der Waals surface area contributed by atoms with Crippen LogP contribution < -0.4 is 0 Å². The van der Waals surface area contributed by atoms with Crippen molar-refractivity contribution in [1.29, 1.82) is 0 Å². The van der Waals surface area contributed by atoms with Gasteiger partial charge in [0.1, 0.15) is 36.0 Å². The summed E-state index contributed by atoms with van der Waals surface area (Å²) in [4.78, 5) is 24.3. The van der Waals surface area contributed by atoms with E-state index in [2.05, 4.69) is 0 Å². The summed E-state index contributed by atoms with van der Waals surface area (Å²) in [5, 5.41) is 1.04. The predicted octanol–water partition coefficient (Wildman–Crippen LogP) is 4.95. The number of Topliss-reactive ketones (excluding diaryl/α,β-unsaturated/α-hetero) is 2. The van der Waals surface area contributed by atoms with Crippen LogP contribution in [0.3, 0.4) is 0 Å². The van der Waals surface area contributed by atoms with Gasteiger partial charge in [0.05, 0.1) is 23.7 Å². The SMILES string of the molecule is O=C(CO[PH](=O)OCC(=O)c1cc2ccoc2cc1F)c1cc2ccoc2cc1F. The standard InChI is InChI=1S/C20H13F2O7P/c21-15-7-19-11(1-3-26-19)5-13(15)17(23)9-28-30(25)29-10-18(24)14-6-12-2-4-27-20(12)8-16(14)22/h1-8,30H,9-10H2. The summed E-state index contributed by atoms with van der Waals surface area (Å²) in [5.41, 5.74) is 0.0398. The van der Waals surface area contributed by atoms with Gasteiger partial charge in [0.15, 0.2) is 11.6 Å². The molecular weight excluding hydrogens is 421 g/mol. The molecule has 2 heterocycles. The Kier molecular flexibility index (Phi) is 5.59. The molecular formula is C20H13F2O7P. The number of rotatable bonds is 8. The molecule has 0 saturated heterocycles. The van der Waals surface area contributed by atoms with Gasteiger partial charge in [0.2, 0.25) is 0 Å². The van der Waals surface area contributed by atoms with Crippen molar-refractivity contribution in [2.45, 2.75) is 0 Å². The summed E-state index contributed by atoms with van der Waals surface area (Å²) in [7, 11) is -3.26. The highest BCUT2D eigenvalue weighted by Gasteiger charge is 2.18. The van der Waals surface area contributed by atoms with Crippen molar-refractivity contribution in [3.63, 3.8) is 0 Å². The Balaban J connectivity index is 1.33. The lowest BCUT2D eigenvalue weighted by atomic mass is 10.1. The lowest BCUT2D eigenvalue weighted by molar-refractivity contribution is 0.0873. The Hall–Kier alpha value is -3.13. The van der Waals surface area contributed by atoms with E-state index in [9.17, 15) is 22.9 Å². The molecule has 0 radical (unpaired) electrons. The van der Waals surface area contributed by atoms with Gasteiger partial charge >= 0.3 is 8.25 Å². The van der Waals surface area contributed by atoms with E-state index < -0.39 is 44.7 Å². The van der Waals surface area contributed by atoms with Crippen LogP contribution in [0.15, 0.2) is 57.8 Å². The van der Waals surface area contributed by atoms with E-state index in [1.54, 1.807) is 12.1 Å². The zero-order chi connectivity index (χ0) is 21.3. The summed E-state index contributed by atoms with van der Waals surface area (Å²) in [6, 6.07) is 7.82. The zero-order valence-electron chi connectivity index (χ0n) is 15.1. The van der Waals surface area contributed by atoms with Gasteiger partial charge in [0, 0.05) is 22.9 Å². The number of hydrogen-bond donors (Lipinski definition) is 0. The van der Waals surface area contributed by atoms with Crippen LogP contribution in [0.4, 0.5) is 8.78 Å². The lowest BCUT2D eigenvalue weighted by Crippen LogP contribution is -2.11. The van der Waals surface area contributed by atoms with Gasteiger partial charge in [-0.2, -0.15) is 0 Å². The smallest absolute Gasteiger partial charge is 0.320 e. The third-order valence-electron chi connectivity index (χ3n) is 4.33. The highest BCUT2D eigenvalue weighted by molar-refractivity contribution is 7.33. The van der Waals surface area contributed by atoms with Gasteiger partial charge in [-0.3, -0.25) is 14.2 Å². The maximum absolute atomic E-state index is 14.0. The Labute approximate surface area is 168 Å². The second-order valence-electron chi connectivity index (χ2n) is 6.25. The molecule has 7 nitrogen and oxygen atoms in total. The van der Waals surface area contributed by atoms with Crippen LogP contribution >= 0.6 is 8.25 Å². The van der Waals surface area contributed by atoms with Gasteiger partial charge in [-0.1, -0.05) is 0 Å². The highest BCUT2D eigenvalue weighted by atomic mass is 31.1. The molecule has 4 rings (SSSR count). The number of ketones is 2. The average Bonchev–Trinajstić information content (AvgIpc) is 3.37. The molecule has 0 amide bonds. The van der Waals surface area contributed by atoms with Gasteiger partial charge < -0.3 is 17.9 Å². The number of fused-ring (bicyclic) bond motifs is 2. The lowest BCUT2D eigenvalue weighted by Gasteiger charge is -2.07. The topological polar surface area (TPSA) is 96.0 Å². The molecule has 0 spiro atoms. The van der Waals surface area contributed by atoms with E-state index in [4.69, 9.17) is 17.9 Å². The summed E-state index contributed by atoms with van der Waals surface area (Å²) in [5.74, 6) is -3.15. The van der Waals surface area contributed by atoms with Crippen LogP contribution in [0.2, 0.25) is 0 Å². The summed E-state index contributed by atoms with van der Waals surface area (Å²) in [6.45, 7) is -1.44. The molecule has 0 unspecified atom stereocenters. The molecule has 30 heavy (non-hydrogen) atoms. The minimum Gasteiger partial charge on any atom is -0.464 e. The van der Waals surface area contributed by atoms with Crippen LogP contribution in [-0.4, -0.2) is 24.8 Å². The van der Waals surface area contributed by atoms with Crippen molar-refractivity contribution in [1.82, 2.24) is 0 Å². The average molecular weight is 434 g/mol. The number of benzene rings is 2. The molecule has 0 fully saturated rings. The summed E-state index contributed by atoms with van der Waals surface area (Å²) < 4.78 is 59.6. The first-order valence-corrected chi connectivity index (χ1v) is 9.84. The quantitative estimate of drug-likeness (QED) is 0.286. The molecule has 0 aliphatic heterocycles. The van der Waals surface area contributed by atoms with Crippen molar-refractivity contribution >= 4 is 41.8 Å². The monoisotopic (exact) mass is 434 g/mol. The van der Waals surface area contributed by atoms with Gasteiger partial charge in [-0.05, 0) is 24.3 Å². The molecule has 154 valence electrons. The van der Waals surface area contributed by atoms with Crippen LogP contribution in [0.25, 0.3) is 21.9 Å². The van der Waals surface area contributed by atoms with Crippen LogP contribution in [0.5, 0.6) is 0 Å². The molecule has 0 atom stereocenters. The fourth-order valence-corrected chi connectivity index (χ4v) is 3.42. The van der Waals surface area contributed by atoms with E-state index in [1.807, 2.05) is 0 Å². The third kappa shape index (κ3) is 4.09. The molecule has 0 N–H and O–H groups in total. The Morgan fingerprint density at radius 2 is 1.23 bits per heavy atom. The number of carbonyl (C=O) groups excluding carboxylic acids is 2. The molecule has 0 bridgehead atoms. The van der Waals surface area contributed by atoms with Crippen molar-refractivity contribution in [3.05, 3.63) is 71.7 Å². The number of hydrogen-bond acceptors (Lipinski definition) is 7. The zero-order valence-corrected chi connectivity index (χ0v) is 16.1. The third-order valence-corrected chi connectivity index (χ3v) is 5.09. The minimum atomic E-state index is -3.26. The van der Waals surface area contributed by atoms with E-state index in [0.717, 1.165) is 12.1 Å². The maximum Gasteiger partial charge on any atom is 0.320 e. The van der Waals surface area contributed by atoms with Gasteiger partial charge in [0.25, 0.3) is 0 Å².